The standard InChI is InChI=1S/C27H30N2O3S/c1-2-32-18-17-28-20-26(25-9-5-6-10-27(25)28)22-13-15-29(16-14-22)33(30,31)24-12-11-21-7-3-4-8-23(21)19-24/h3-12,19-20,22H,2,13-18H2,1H3. The first-order valence-corrected chi connectivity index (χ1v) is 13.2. The molecule has 0 unspecified atom stereocenters. The van der Waals surface area contributed by atoms with Gasteiger partial charge in [-0.1, -0.05) is 48.5 Å². The highest BCUT2D eigenvalue weighted by molar-refractivity contribution is 7.89. The second kappa shape index (κ2) is 9.29. The smallest absolute Gasteiger partial charge is 0.243 e. The molecule has 0 amide bonds. The first-order chi connectivity index (χ1) is 16.1. The number of aromatic nitrogens is 1. The Morgan fingerprint density at radius 2 is 1.67 bits per heavy atom. The third-order valence-electron chi connectivity index (χ3n) is 6.75. The van der Waals surface area contributed by atoms with Crippen molar-refractivity contribution in [2.75, 3.05) is 26.3 Å². The van der Waals surface area contributed by atoms with E-state index in [9.17, 15) is 8.42 Å². The van der Waals surface area contributed by atoms with E-state index in [0.717, 1.165) is 36.8 Å². The Hall–Kier alpha value is -2.67. The van der Waals surface area contributed by atoms with Crippen molar-refractivity contribution in [1.29, 1.82) is 0 Å². The Labute approximate surface area is 195 Å². The van der Waals surface area contributed by atoms with E-state index in [4.69, 9.17) is 4.74 Å². The summed E-state index contributed by atoms with van der Waals surface area (Å²) in [6.45, 7) is 5.33. The Bertz CT molecular complexity index is 1370. The number of para-hydroxylation sites is 1. The number of nitrogens with zero attached hydrogens (tertiary/aromatic N) is 2. The molecule has 0 aliphatic carbocycles. The van der Waals surface area contributed by atoms with Gasteiger partial charge < -0.3 is 9.30 Å². The van der Waals surface area contributed by atoms with Gasteiger partial charge in [-0.15, -0.1) is 0 Å². The summed E-state index contributed by atoms with van der Waals surface area (Å²) in [5, 5.41) is 3.27. The lowest BCUT2D eigenvalue weighted by Gasteiger charge is -2.31. The molecule has 3 aromatic carbocycles. The summed E-state index contributed by atoms with van der Waals surface area (Å²) in [4.78, 5) is 0.382. The summed E-state index contributed by atoms with van der Waals surface area (Å²) in [6.07, 6.45) is 3.90. The number of sulfonamides is 1. The fourth-order valence-corrected chi connectivity index (χ4v) is 6.48. The van der Waals surface area contributed by atoms with Gasteiger partial charge in [-0.3, -0.25) is 0 Å². The highest BCUT2D eigenvalue weighted by Crippen LogP contribution is 2.36. The van der Waals surface area contributed by atoms with Crippen LogP contribution in [0.5, 0.6) is 0 Å². The monoisotopic (exact) mass is 462 g/mol. The molecule has 0 radical (unpaired) electrons. The molecule has 2 heterocycles. The average Bonchev–Trinajstić information content (AvgIpc) is 3.23. The summed E-state index contributed by atoms with van der Waals surface area (Å²) in [7, 11) is -3.50. The van der Waals surface area contributed by atoms with Gasteiger partial charge >= 0.3 is 0 Å². The third kappa shape index (κ3) is 4.31. The van der Waals surface area contributed by atoms with Crippen LogP contribution in [0.1, 0.15) is 31.2 Å². The van der Waals surface area contributed by atoms with Gasteiger partial charge in [-0.05, 0) is 60.2 Å². The number of rotatable bonds is 7. The molecule has 1 aliphatic heterocycles. The van der Waals surface area contributed by atoms with Gasteiger partial charge in [0.1, 0.15) is 0 Å². The summed E-state index contributed by atoms with van der Waals surface area (Å²) in [5.74, 6) is 0.353. The molecule has 0 bridgehead atoms. The topological polar surface area (TPSA) is 51.5 Å². The summed E-state index contributed by atoms with van der Waals surface area (Å²) in [6, 6.07) is 21.8. The molecule has 172 valence electrons. The van der Waals surface area contributed by atoms with Gasteiger partial charge in [0, 0.05) is 43.3 Å². The highest BCUT2D eigenvalue weighted by Gasteiger charge is 2.31. The molecule has 0 saturated carbocycles. The van der Waals surface area contributed by atoms with Crippen molar-refractivity contribution >= 4 is 31.7 Å². The second-order valence-corrected chi connectivity index (χ2v) is 10.6. The van der Waals surface area contributed by atoms with Gasteiger partial charge in [0.2, 0.25) is 10.0 Å². The fraction of sp³-hybridized carbons (Fsp3) is 0.333. The van der Waals surface area contributed by atoms with E-state index in [2.05, 4.69) is 35.0 Å². The number of ether oxygens (including phenoxy) is 1. The quantitative estimate of drug-likeness (QED) is 0.346. The van der Waals surface area contributed by atoms with Gasteiger partial charge in [-0.25, -0.2) is 8.42 Å². The minimum atomic E-state index is -3.50. The molecule has 1 aliphatic rings. The van der Waals surface area contributed by atoms with E-state index in [1.165, 1.54) is 16.5 Å². The Balaban J connectivity index is 1.35. The number of benzene rings is 3. The molecule has 5 nitrogen and oxygen atoms in total. The van der Waals surface area contributed by atoms with Crippen LogP contribution in [0.3, 0.4) is 0 Å². The molecule has 6 heteroatoms. The van der Waals surface area contributed by atoms with Crippen molar-refractivity contribution in [3.05, 3.63) is 78.5 Å². The molecule has 1 fully saturated rings. The number of fused-ring (bicyclic) bond motifs is 2. The van der Waals surface area contributed by atoms with Crippen molar-refractivity contribution in [3.8, 4) is 0 Å². The minimum absolute atomic E-state index is 0.353. The van der Waals surface area contributed by atoms with Crippen LogP contribution >= 0.6 is 0 Å². The van der Waals surface area contributed by atoms with Crippen LogP contribution in [0.15, 0.2) is 77.8 Å². The maximum atomic E-state index is 13.3. The summed E-state index contributed by atoms with van der Waals surface area (Å²) in [5.41, 5.74) is 2.54. The van der Waals surface area contributed by atoms with Crippen LogP contribution < -0.4 is 0 Å². The van der Waals surface area contributed by atoms with Crippen LogP contribution in [-0.4, -0.2) is 43.6 Å². The van der Waals surface area contributed by atoms with Gasteiger partial charge in [0.05, 0.1) is 11.5 Å². The van der Waals surface area contributed by atoms with Crippen LogP contribution in [0.4, 0.5) is 0 Å². The van der Waals surface area contributed by atoms with E-state index >= 15 is 0 Å². The first kappa shape index (κ1) is 22.1. The third-order valence-corrected chi connectivity index (χ3v) is 8.65. The lowest BCUT2D eigenvalue weighted by atomic mass is 9.90. The average molecular weight is 463 g/mol. The largest absolute Gasteiger partial charge is 0.380 e. The Kier molecular flexibility index (Phi) is 6.23. The summed E-state index contributed by atoms with van der Waals surface area (Å²) >= 11 is 0. The van der Waals surface area contributed by atoms with E-state index in [1.54, 1.807) is 16.4 Å². The molecule has 4 aromatic rings. The second-order valence-electron chi connectivity index (χ2n) is 8.68. The summed E-state index contributed by atoms with van der Waals surface area (Å²) < 4.78 is 36.2. The van der Waals surface area contributed by atoms with Gasteiger partial charge in [0.15, 0.2) is 0 Å². The first-order valence-electron chi connectivity index (χ1n) is 11.7. The predicted molar refractivity (Wildman–Crippen MR) is 133 cm³/mol. The van der Waals surface area contributed by atoms with Crippen LogP contribution in [0.25, 0.3) is 21.7 Å². The van der Waals surface area contributed by atoms with E-state index in [0.29, 0.717) is 30.5 Å². The normalized spacial score (nSPS) is 16.0. The van der Waals surface area contributed by atoms with Crippen LogP contribution in [0, 0.1) is 0 Å². The van der Waals surface area contributed by atoms with Gasteiger partial charge in [-0.2, -0.15) is 4.31 Å². The molecule has 33 heavy (non-hydrogen) atoms. The van der Waals surface area contributed by atoms with E-state index in [-0.39, 0.29) is 0 Å². The zero-order chi connectivity index (χ0) is 22.8. The Morgan fingerprint density at radius 3 is 2.45 bits per heavy atom. The van der Waals surface area contributed by atoms with Crippen molar-refractivity contribution in [2.24, 2.45) is 0 Å². The van der Waals surface area contributed by atoms with Crippen molar-refractivity contribution in [3.63, 3.8) is 0 Å². The fourth-order valence-electron chi connectivity index (χ4n) is 4.98. The molecule has 0 spiro atoms. The lowest BCUT2D eigenvalue weighted by molar-refractivity contribution is 0.140. The van der Waals surface area contributed by atoms with Crippen molar-refractivity contribution in [2.45, 2.75) is 37.1 Å². The number of piperidine rings is 1. The van der Waals surface area contributed by atoms with Crippen LogP contribution in [-0.2, 0) is 21.3 Å². The SMILES string of the molecule is CCOCCn1cc(C2CCN(S(=O)(=O)c3ccc4ccccc4c3)CC2)c2ccccc21. The van der Waals surface area contributed by atoms with Crippen molar-refractivity contribution < 1.29 is 13.2 Å². The van der Waals surface area contributed by atoms with E-state index in [1.807, 2.05) is 37.3 Å². The zero-order valence-electron chi connectivity index (χ0n) is 19.0. The highest BCUT2D eigenvalue weighted by atomic mass is 32.2. The minimum Gasteiger partial charge on any atom is -0.380 e. The molecule has 1 saturated heterocycles. The van der Waals surface area contributed by atoms with E-state index < -0.39 is 10.0 Å². The maximum Gasteiger partial charge on any atom is 0.243 e. The van der Waals surface area contributed by atoms with Gasteiger partial charge in [0.25, 0.3) is 0 Å². The number of hydrogen-bond acceptors (Lipinski definition) is 3. The molecular formula is C27H30N2O3S. The maximum absolute atomic E-state index is 13.3. The molecule has 0 atom stereocenters. The Morgan fingerprint density at radius 1 is 0.939 bits per heavy atom. The molecule has 1 aromatic heterocycles. The predicted octanol–water partition coefficient (Wildman–Crippen LogP) is 5.40. The lowest BCUT2D eigenvalue weighted by Crippen LogP contribution is -2.37. The van der Waals surface area contributed by atoms with Crippen molar-refractivity contribution in [1.82, 2.24) is 8.87 Å². The zero-order valence-corrected chi connectivity index (χ0v) is 19.8. The van der Waals surface area contributed by atoms with Crippen LogP contribution in [0.2, 0.25) is 0 Å². The molecular weight excluding hydrogens is 432 g/mol. The number of hydrogen-bond donors (Lipinski definition) is 0. The molecule has 5 rings (SSSR count). The molecule has 0 N–H and O–H groups in total.